The first kappa shape index (κ1) is 22.0. The number of methoxy groups -OCH3 is 2. The minimum Gasteiger partial charge on any atom is -0.493 e. The largest absolute Gasteiger partial charge is 0.493 e. The molecule has 28 heavy (non-hydrogen) atoms. The molecule has 3 unspecified atom stereocenters. The Hall–Kier alpha value is -2.28. The number of carbonyl (C=O) groups excluding carboxylic acids is 1. The molecule has 7 heteroatoms. The minimum absolute atomic E-state index is 0.00477. The number of amides is 1. The summed E-state index contributed by atoms with van der Waals surface area (Å²) < 4.78 is 16.4. The number of carbonyl (C=O) groups is 2. The Balaban J connectivity index is 2.09. The fourth-order valence-electron chi connectivity index (χ4n) is 3.86. The summed E-state index contributed by atoms with van der Waals surface area (Å²) in [5.41, 5.74) is 0.236. The van der Waals surface area contributed by atoms with Crippen molar-refractivity contribution >= 4 is 17.6 Å². The van der Waals surface area contributed by atoms with Crippen LogP contribution in [0.25, 0.3) is 0 Å². The monoisotopic (exact) mass is 393 g/mol. The van der Waals surface area contributed by atoms with Crippen LogP contribution in [0.4, 0.5) is 5.69 Å². The molecule has 1 fully saturated rings. The van der Waals surface area contributed by atoms with Gasteiger partial charge in [0, 0.05) is 0 Å². The van der Waals surface area contributed by atoms with Gasteiger partial charge in [0.2, 0.25) is 5.91 Å². The van der Waals surface area contributed by atoms with Crippen LogP contribution in [0.2, 0.25) is 0 Å². The van der Waals surface area contributed by atoms with Crippen LogP contribution in [0, 0.1) is 17.8 Å². The minimum atomic E-state index is -1.12. The van der Waals surface area contributed by atoms with E-state index in [1.54, 1.807) is 0 Å². The van der Waals surface area contributed by atoms with Crippen molar-refractivity contribution in [3.8, 4) is 11.5 Å². The highest BCUT2D eigenvalue weighted by atomic mass is 16.5. The normalized spacial score (nSPS) is 22.0. The third kappa shape index (κ3) is 5.38. The quantitative estimate of drug-likeness (QED) is 0.697. The lowest BCUT2D eigenvalue weighted by Gasteiger charge is -2.37. The van der Waals surface area contributed by atoms with E-state index in [1.807, 2.05) is 0 Å². The number of ether oxygens (including phenoxy) is 3. The van der Waals surface area contributed by atoms with Gasteiger partial charge in [0.25, 0.3) is 0 Å². The second kappa shape index (κ2) is 9.78. The van der Waals surface area contributed by atoms with Gasteiger partial charge >= 0.3 is 5.97 Å². The zero-order valence-corrected chi connectivity index (χ0v) is 17.3. The van der Waals surface area contributed by atoms with E-state index in [2.05, 4.69) is 26.1 Å². The van der Waals surface area contributed by atoms with Gasteiger partial charge in [0.1, 0.15) is 6.61 Å². The maximum absolute atomic E-state index is 12.5. The van der Waals surface area contributed by atoms with Crippen molar-refractivity contribution in [2.45, 2.75) is 46.1 Å². The van der Waals surface area contributed by atoms with Gasteiger partial charge in [0.15, 0.2) is 11.5 Å². The lowest BCUT2D eigenvalue weighted by atomic mass is 9.75. The van der Waals surface area contributed by atoms with Gasteiger partial charge in [-0.3, -0.25) is 4.79 Å². The van der Waals surface area contributed by atoms with Crippen LogP contribution in [0.5, 0.6) is 11.5 Å². The van der Waals surface area contributed by atoms with Crippen molar-refractivity contribution in [2.24, 2.45) is 17.8 Å². The molecule has 2 rings (SSSR count). The number of benzene rings is 1. The lowest BCUT2D eigenvalue weighted by Crippen LogP contribution is -2.36. The van der Waals surface area contributed by atoms with Crippen molar-refractivity contribution in [1.82, 2.24) is 0 Å². The van der Waals surface area contributed by atoms with Gasteiger partial charge < -0.3 is 24.6 Å². The molecular weight excluding hydrogens is 362 g/mol. The van der Waals surface area contributed by atoms with Crippen LogP contribution >= 0.6 is 0 Å². The predicted molar refractivity (Wildman–Crippen MR) is 106 cm³/mol. The third-order valence-corrected chi connectivity index (χ3v) is 5.39. The summed E-state index contributed by atoms with van der Waals surface area (Å²) in [5, 5.41) is 12.0. The molecule has 0 spiro atoms. The summed E-state index contributed by atoms with van der Waals surface area (Å²) in [4.78, 5) is 23.8. The Labute approximate surface area is 166 Å². The molecule has 0 aliphatic heterocycles. The molecule has 7 nitrogen and oxygen atoms in total. The van der Waals surface area contributed by atoms with Crippen LogP contribution in [-0.4, -0.2) is 43.9 Å². The lowest BCUT2D eigenvalue weighted by molar-refractivity contribution is -0.126. The molecule has 1 saturated carbocycles. The number of hydrogen-bond donors (Lipinski definition) is 2. The highest BCUT2D eigenvalue weighted by Gasteiger charge is 2.31. The van der Waals surface area contributed by atoms with E-state index in [0.29, 0.717) is 17.8 Å². The molecule has 0 heterocycles. The van der Waals surface area contributed by atoms with Gasteiger partial charge in [-0.25, -0.2) is 4.79 Å². The highest BCUT2D eigenvalue weighted by Crippen LogP contribution is 2.37. The highest BCUT2D eigenvalue weighted by molar-refractivity contribution is 5.97. The van der Waals surface area contributed by atoms with E-state index in [9.17, 15) is 14.7 Å². The standard InChI is InChI=1S/C21H31NO6/c1-12(2)15-7-6-13(3)8-17(15)28-11-19(23)22-16-9-14(21(24)25)10-18(26-4)20(16)27-5/h9-10,12-13,15,17H,6-8,11H2,1-5H3,(H,22,23)(H,24,25). The number of carboxylic acid groups (broad SMARTS) is 1. The summed E-state index contributed by atoms with van der Waals surface area (Å²) in [6, 6.07) is 2.70. The SMILES string of the molecule is COc1cc(C(=O)O)cc(NC(=O)COC2CC(C)CCC2C(C)C)c1OC. The van der Waals surface area contributed by atoms with Crippen molar-refractivity contribution < 1.29 is 28.9 Å². The topological polar surface area (TPSA) is 94.1 Å². The maximum atomic E-state index is 12.5. The summed E-state index contributed by atoms with van der Waals surface area (Å²) in [5.74, 6) is 0.546. The number of carboxylic acids is 1. The Kier molecular flexibility index (Phi) is 7.69. The first-order chi connectivity index (χ1) is 13.3. The zero-order chi connectivity index (χ0) is 20.8. The Bertz CT molecular complexity index is 702. The van der Waals surface area contributed by atoms with E-state index < -0.39 is 5.97 Å². The van der Waals surface area contributed by atoms with Crippen LogP contribution < -0.4 is 14.8 Å². The first-order valence-electron chi connectivity index (χ1n) is 9.67. The summed E-state index contributed by atoms with van der Waals surface area (Å²) in [6.07, 6.45) is 3.29. The van der Waals surface area contributed by atoms with Crippen LogP contribution in [0.3, 0.4) is 0 Å². The zero-order valence-electron chi connectivity index (χ0n) is 17.3. The average molecular weight is 393 g/mol. The maximum Gasteiger partial charge on any atom is 0.335 e. The molecule has 0 saturated heterocycles. The molecule has 0 radical (unpaired) electrons. The molecule has 156 valence electrons. The number of aromatic carboxylic acids is 1. The molecule has 1 aromatic rings. The fourth-order valence-corrected chi connectivity index (χ4v) is 3.86. The summed E-state index contributed by atoms with van der Waals surface area (Å²) in [7, 11) is 2.84. The van der Waals surface area contributed by atoms with E-state index in [-0.39, 0.29) is 41.4 Å². The van der Waals surface area contributed by atoms with Gasteiger partial charge in [0.05, 0.1) is 31.6 Å². The van der Waals surface area contributed by atoms with E-state index >= 15 is 0 Å². The van der Waals surface area contributed by atoms with E-state index in [0.717, 1.165) is 12.8 Å². The van der Waals surface area contributed by atoms with Gasteiger partial charge in [-0.1, -0.05) is 27.2 Å². The van der Waals surface area contributed by atoms with E-state index in [4.69, 9.17) is 14.2 Å². The van der Waals surface area contributed by atoms with Crippen molar-refractivity contribution in [1.29, 1.82) is 0 Å². The molecule has 1 aliphatic carbocycles. The molecule has 1 aliphatic rings. The van der Waals surface area contributed by atoms with Crippen molar-refractivity contribution in [3.63, 3.8) is 0 Å². The summed E-state index contributed by atoms with van der Waals surface area (Å²) in [6.45, 7) is 6.49. The van der Waals surface area contributed by atoms with Crippen LogP contribution in [0.1, 0.15) is 50.4 Å². The molecular formula is C21H31NO6. The van der Waals surface area contributed by atoms with Crippen LogP contribution in [0.15, 0.2) is 12.1 Å². The Morgan fingerprint density at radius 3 is 2.50 bits per heavy atom. The molecule has 1 amide bonds. The second-order valence-electron chi connectivity index (χ2n) is 7.79. The number of anilines is 1. The van der Waals surface area contributed by atoms with Crippen LogP contribution in [-0.2, 0) is 9.53 Å². The van der Waals surface area contributed by atoms with Gasteiger partial charge in [-0.05, 0) is 42.7 Å². The molecule has 2 N–H and O–H groups in total. The summed E-state index contributed by atoms with van der Waals surface area (Å²) >= 11 is 0. The van der Waals surface area contributed by atoms with Crippen molar-refractivity contribution in [3.05, 3.63) is 17.7 Å². The smallest absolute Gasteiger partial charge is 0.335 e. The fraction of sp³-hybridized carbons (Fsp3) is 0.619. The Morgan fingerprint density at radius 1 is 1.21 bits per heavy atom. The first-order valence-corrected chi connectivity index (χ1v) is 9.67. The van der Waals surface area contributed by atoms with Gasteiger partial charge in [-0.2, -0.15) is 0 Å². The van der Waals surface area contributed by atoms with Crippen molar-refractivity contribution in [2.75, 3.05) is 26.1 Å². The average Bonchev–Trinajstić information content (AvgIpc) is 2.65. The van der Waals surface area contributed by atoms with E-state index in [1.165, 1.54) is 32.8 Å². The molecule has 0 aromatic heterocycles. The Morgan fingerprint density at radius 2 is 1.93 bits per heavy atom. The number of rotatable bonds is 8. The van der Waals surface area contributed by atoms with Gasteiger partial charge in [-0.15, -0.1) is 0 Å². The predicted octanol–water partition coefficient (Wildman–Crippen LogP) is 3.82. The molecule has 3 atom stereocenters. The number of hydrogen-bond acceptors (Lipinski definition) is 5. The number of nitrogens with one attached hydrogen (secondary N) is 1. The molecule has 0 bridgehead atoms. The second-order valence-corrected chi connectivity index (χ2v) is 7.79. The molecule has 1 aromatic carbocycles. The third-order valence-electron chi connectivity index (χ3n) is 5.39.